The molecule has 0 heterocycles. The van der Waals surface area contributed by atoms with Crippen LogP contribution in [0.1, 0.15) is 87.8 Å². The fourth-order valence-electron chi connectivity index (χ4n) is 7.37. The van der Waals surface area contributed by atoms with Crippen molar-refractivity contribution in [3.05, 3.63) is 143 Å². The average molecular weight is 537 g/mol. The molecule has 0 N–H and O–H groups in total. The normalized spacial score (nSPS) is 16.1. The van der Waals surface area contributed by atoms with Gasteiger partial charge in [-0.2, -0.15) is 0 Å². The second-order valence-corrected chi connectivity index (χ2v) is 14.2. The van der Waals surface area contributed by atoms with Crippen molar-refractivity contribution in [3.63, 3.8) is 0 Å². The first-order chi connectivity index (χ1) is 19.5. The summed E-state index contributed by atoms with van der Waals surface area (Å²) < 4.78 is 0. The summed E-state index contributed by atoms with van der Waals surface area (Å²) >= 11 is 0. The van der Waals surface area contributed by atoms with Gasteiger partial charge < -0.3 is 0 Å². The number of benzene rings is 4. The molecule has 208 valence electrons. The third-order valence-electron chi connectivity index (χ3n) is 9.52. The molecule has 0 spiro atoms. The van der Waals surface area contributed by atoms with Gasteiger partial charge in [-0.15, -0.1) is 6.58 Å². The van der Waals surface area contributed by atoms with Crippen molar-refractivity contribution in [1.82, 2.24) is 0 Å². The van der Waals surface area contributed by atoms with Crippen LogP contribution in [0.15, 0.2) is 110 Å². The number of hydrogen-bond donors (Lipinski definition) is 0. The lowest BCUT2D eigenvalue weighted by Crippen LogP contribution is -2.38. The highest BCUT2D eigenvalue weighted by Crippen LogP contribution is 2.54. The molecule has 1 atom stereocenters. The van der Waals surface area contributed by atoms with E-state index in [0.29, 0.717) is 0 Å². The molecule has 0 nitrogen and oxygen atoms in total. The fraction of sp³-hybridized carbons (Fsp3) is 0.317. The van der Waals surface area contributed by atoms with Crippen LogP contribution in [0.2, 0.25) is 0 Å². The van der Waals surface area contributed by atoms with Gasteiger partial charge >= 0.3 is 0 Å². The minimum absolute atomic E-state index is 0.00197. The van der Waals surface area contributed by atoms with Gasteiger partial charge in [0.25, 0.3) is 0 Å². The largest absolute Gasteiger partial charge is 0.103 e. The molecule has 0 saturated carbocycles. The molecule has 0 amide bonds. The first-order valence-electron chi connectivity index (χ1n) is 15.3. The molecular weight excluding hydrogens is 492 g/mol. The monoisotopic (exact) mass is 536 g/mol. The number of allylic oxidation sites excluding steroid dienone is 5. The van der Waals surface area contributed by atoms with Gasteiger partial charge in [0, 0.05) is 11.3 Å². The molecule has 0 fully saturated rings. The van der Waals surface area contributed by atoms with Crippen LogP contribution in [-0.2, 0) is 22.7 Å². The molecule has 41 heavy (non-hydrogen) atoms. The lowest BCUT2D eigenvalue weighted by atomic mass is 9.59. The lowest BCUT2D eigenvalue weighted by Gasteiger charge is -2.44. The standard InChI is InChI=1S/C41H44/c1-8-9-24-41(31-16-12-13-17-31,33-19-18-28-14-10-11-15-29(28)25-33)38-36-27-30-26-32(39(2,3)4)20-21-34(30)35(36)22-23-37(38)40(5,6)7/h8,10-23,25-26,31H,1,9,24,27H2,2-7H3. The quantitative estimate of drug-likeness (QED) is 0.189. The Kier molecular flexibility index (Phi) is 6.73. The maximum Gasteiger partial charge on any atom is 0.0309 e. The second-order valence-electron chi connectivity index (χ2n) is 14.2. The maximum absolute atomic E-state index is 4.20. The predicted octanol–water partition coefficient (Wildman–Crippen LogP) is 11.0. The fourth-order valence-corrected chi connectivity index (χ4v) is 7.37. The van der Waals surface area contributed by atoms with E-state index in [0.717, 1.165) is 19.3 Å². The molecule has 0 heteroatoms. The molecule has 4 aromatic carbocycles. The summed E-state index contributed by atoms with van der Waals surface area (Å²) in [6.45, 7) is 18.3. The minimum atomic E-state index is -0.218. The highest BCUT2D eigenvalue weighted by molar-refractivity contribution is 5.85. The second kappa shape index (κ2) is 10.0. The van der Waals surface area contributed by atoms with E-state index in [-0.39, 0.29) is 22.2 Å². The summed E-state index contributed by atoms with van der Waals surface area (Å²) in [7, 11) is 0. The van der Waals surface area contributed by atoms with Crippen molar-refractivity contribution in [3.8, 4) is 11.1 Å². The molecule has 6 rings (SSSR count). The van der Waals surface area contributed by atoms with E-state index < -0.39 is 0 Å². The first kappa shape index (κ1) is 27.5. The summed E-state index contributed by atoms with van der Waals surface area (Å²) in [5, 5.41) is 2.60. The summed E-state index contributed by atoms with van der Waals surface area (Å²) in [4.78, 5) is 0. The molecule has 1 unspecified atom stereocenters. The Bertz CT molecular complexity index is 1680. The number of rotatable bonds is 6. The topological polar surface area (TPSA) is 0 Å². The molecule has 2 aliphatic carbocycles. The molecule has 0 radical (unpaired) electrons. The van der Waals surface area contributed by atoms with Crippen molar-refractivity contribution in [2.24, 2.45) is 5.92 Å². The van der Waals surface area contributed by atoms with Crippen LogP contribution < -0.4 is 0 Å². The minimum Gasteiger partial charge on any atom is -0.103 e. The van der Waals surface area contributed by atoms with Gasteiger partial charge in [-0.1, -0.05) is 145 Å². The van der Waals surface area contributed by atoms with Crippen LogP contribution in [0, 0.1) is 5.92 Å². The van der Waals surface area contributed by atoms with Gasteiger partial charge in [0.2, 0.25) is 0 Å². The lowest BCUT2D eigenvalue weighted by molar-refractivity contribution is 0.398. The Morgan fingerprint density at radius 2 is 1.41 bits per heavy atom. The van der Waals surface area contributed by atoms with Crippen molar-refractivity contribution in [2.75, 3.05) is 0 Å². The molecule has 2 aliphatic rings. The molecule has 0 aliphatic heterocycles. The van der Waals surface area contributed by atoms with E-state index in [2.05, 4.69) is 151 Å². The predicted molar refractivity (Wildman–Crippen MR) is 178 cm³/mol. The SMILES string of the molecule is C=CCCC(c1ccc2ccccc2c1)(c1c(C(C)(C)C)ccc2c1Cc1cc(C(C)(C)C)ccc1-2)C1C=CC=C1. The summed E-state index contributed by atoms with van der Waals surface area (Å²) in [5.41, 5.74) is 11.5. The number of hydrogen-bond acceptors (Lipinski definition) is 0. The van der Waals surface area contributed by atoms with Gasteiger partial charge in [-0.05, 0) is 85.4 Å². The highest BCUT2D eigenvalue weighted by Gasteiger charge is 2.45. The van der Waals surface area contributed by atoms with Gasteiger partial charge in [-0.25, -0.2) is 0 Å². The third-order valence-corrected chi connectivity index (χ3v) is 9.52. The van der Waals surface area contributed by atoms with E-state index in [9.17, 15) is 0 Å². The van der Waals surface area contributed by atoms with E-state index in [1.165, 1.54) is 55.3 Å². The summed E-state index contributed by atoms with van der Waals surface area (Å²) in [6, 6.07) is 28.1. The maximum atomic E-state index is 4.20. The van der Waals surface area contributed by atoms with Crippen LogP contribution in [0.4, 0.5) is 0 Å². The summed E-state index contributed by atoms with van der Waals surface area (Å²) in [5.74, 6) is 0.269. The van der Waals surface area contributed by atoms with Crippen molar-refractivity contribution in [2.45, 2.75) is 77.0 Å². The Balaban J connectivity index is 1.69. The van der Waals surface area contributed by atoms with Crippen molar-refractivity contribution in [1.29, 1.82) is 0 Å². The van der Waals surface area contributed by atoms with E-state index in [1.54, 1.807) is 0 Å². The number of fused-ring (bicyclic) bond motifs is 4. The Labute approximate surface area is 247 Å². The molecule has 0 aromatic heterocycles. The van der Waals surface area contributed by atoms with Crippen molar-refractivity contribution < 1.29 is 0 Å². The van der Waals surface area contributed by atoms with Crippen molar-refractivity contribution >= 4 is 10.8 Å². The highest BCUT2D eigenvalue weighted by atomic mass is 14.5. The van der Waals surface area contributed by atoms with Gasteiger partial charge in [-0.3, -0.25) is 0 Å². The van der Waals surface area contributed by atoms with Crippen LogP contribution in [0.5, 0.6) is 0 Å². The van der Waals surface area contributed by atoms with E-state index in [1.807, 2.05) is 0 Å². The average Bonchev–Trinajstić information content (AvgIpc) is 3.61. The van der Waals surface area contributed by atoms with E-state index >= 15 is 0 Å². The zero-order valence-corrected chi connectivity index (χ0v) is 25.7. The molecule has 4 aromatic rings. The molecular formula is C41H44. The first-order valence-corrected chi connectivity index (χ1v) is 15.3. The van der Waals surface area contributed by atoms with Crippen LogP contribution >= 0.6 is 0 Å². The van der Waals surface area contributed by atoms with Gasteiger partial charge in [0.15, 0.2) is 0 Å². The zero-order chi connectivity index (χ0) is 29.0. The van der Waals surface area contributed by atoms with Gasteiger partial charge in [0.05, 0.1) is 0 Å². The van der Waals surface area contributed by atoms with Gasteiger partial charge in [0.1, 0.15) is 0 Å². The summed E-state index contributed by atoms with van der Waals surface area (Å²) in [6.07, 6.45) is 14.4. The molecule has 0 saturated heterocycles. The Morgan fingerprint density at radius 1 is 0.732 bits per heavy atom. The third kappa shape index (κ3) is 4.62. The Morgan fingerprint density at radius 3 is 2.10 bits per heavy atom. The van der Waals surface area contributed by atoms with Crippen LogP contribution in [0.25, 0.3) is 21.9 Å². The Hall–Kier alpha value is -3.64. The van der Waals surface area contributed by atoms with Crippen LogP contribution in [0.3, 0.4) is 0 Å². The smallest absolute Gasteiger partial charge is 0.0309 e. The van der Waals surface area contributed by atoms with Crippen LogP contribution in [-0.4, -0.2) is 0 Å². The zero-order valence-electron chi connectivity index (χ0n) is 25.7. The van der Waals surface area contributed by atoms with E-state index in [4.69, 9.17) is 0 Å². The molecule has 0 bridgehead atoms.